The van der Waals surface area contributed by atoms with Gasteiger partial charge in [-0.1, -0.05) is 90.6 Å². The zero-order chi connectivity index (χ0) is 23.8. The number of ether oxygens (including phenoxy) is 1. The molecular weight excluding hydrogens is 448 g/mol. The minimum absolute atomic E-state index is 0.0749. The standard InChI is InChI=1S/C27H24N2O4S/c30-16-17-33-19-29-26(34-22-14-8-3-9-15-22)24(25(31)28-27(29)32)18-23(20-10-4-1-5-11-20)21-12-6-2-7-13-21/h1-15,18,30H,16-17,19H2,(H,28,31,32). The maximum Gasteiger partial charge on any atom is 0.331 e. The summed E-state index contributed by atoms with van der Waals surface area (Å²) in [5.41, 5.74) is 2.04. The number of benzene rings is 3. The predicted octanol–water partition coefficient (Wildman–Crippen LogP) is 4.24. The molecular formula is C27H24N2O4S. The van der Waals surface area contributed by atoms with Gasteiger partial charge in [-0.3, -0.25) is 14.3 Å². The van der Waals surface area contributed by atoms with Crippen molar-refractivity contribution in [3.63, 3.8) is 0 Å². The van der Waals surface area contributed by atoms with Crippen molar-refractivity contribution in [2.45, 2.75) is 16.7 Å². The third-order valence-corrected chi connectivity index (χ3v) is 6.20. The number of aromatic amines is 1. The van der Waals surface area contributed by atoms with Gasteiger partial charge in [-0.2, -0.15) is 0 Å². The fraction of sp³-hybridized carbons (Fsp3) is 0.111. The normalized spacial score (nSPS) is 10.7. The first-order valence-electron chi connectivity index (χ1n) is 10.8. The highest BCUT2D eigenvalue weighted by Gasteiger charge is 2.17. The number of nitrogens with one attached hydrogen (secondary N) is 1. The van der Waals surface area contributed by atoms with Crippen molar-refractivity contribution in [2.24, 2.45) is 0 Å². The van der Waals surface area contributed by atoms with E-state index < -0.39 is 11.2 Å². The number of aliphatic hydroxyl groups excluding tert-OH is 1. The molecule has 1 heterocycles. The van der Waals surface area contributed by atoms with Crippen LogP contribution in [0.3, 0.4) is 0 Å². The zero-order valence-electron chi connectivity index (χ0n) is 18.4. The van der Waals surface area contributed by atoms with Crippen LogP contribution in [0.2, 0.25) is 0 Å². The van der Waals surface area contributed by atoms with E-state index >= 15 is 0 Å². The summed E-state index contributed by atoms with van der Waals surface area (Å²) in [6.45, 7) is -0.193. The van der Waals surface area contributed by atoms with E-state index in [1.807, 2.05) is 97.1 Å². The van der Waals surface area contributed by atoms with Gasteiger partial charge >= 0.3 is 5.69 Å². The molecule has 0 spiro atoms. The van der Waals surface area contributed by atoms with Gasteiger partial charge < -0.3 is 9.84 Å². The summed E-state index contributed by atoms with van der Waals surface area (Å²) in [7, 11) is 0. The van der Waals surface area contributed by atoms with E-state index in [2.05, 4.69) is 4.98 Å². The van der Waals surface area contributed by atoms with E-state index in [0.717, 1.165) is 21.6 Å². The molecule has 0 unspecified atom stereocenters. The summed E-state index contributed by atoms with van der Waals surface area (Å²) >= 11 is 1.32. The molecule has 34 heavy (non-hydrogen) atoms. The monoisotopic (exact) mass is 472 g/mol. The van der Waals surface area contributed by atoms with Crippen molar-refractivity contribution < 1.29 is 9.84 Å². The van der Waals surface area contributed by atoms with E-state index in [1.54, 1.807) is 0 Å². The minimum atomic E-state index is -0.570. The fourth-order valence-electron chi connectivity index (χ4n) is 3.45. The Bertz CT molecular complexity index is 1320. The van der Waals surface area contributed by atoms with Gasteiger partial charge in [0.15, 0.2) is 0 Å². The first-order chi connectivity index (χ1) is 16.7. The van der Waals surface area contributed by atoms with Gasteiger partial charge in [-0.15, -0.1) is 0 Å². The van der Waals surface area contributed by atoms with Gasteiger partial charge in [0.05, 0.1) is 23.8 Å². The Morgan fingerprint density at radius 1 is 0.882 bits per heavy atom. The highest BCUT2D eigenvalue weighted by atomic mass is 32.2. The SMILES string of the molecule is O=c1[nH]c(=O)n(COCCO)c(Sc2ccccc2)c1C=C(c1ccccc1)c1ccccc1. The van der Waals surface area contributed by atoms with Gasteiger partial charge in [0.25, 0.3) is 5.56 Å². The Kier molecular flexibility index (Phi) is 7.93. The Morgan fingerprint density at radius 3 is 2.00 bits per heavy atom. The molecule has 6 nitrogen and oxygen atoms in total. The van der Waals surface area contributed by atoms with Crippen LogP contribution in [0, 0.1) is 0 Å². The molecule has 0 bridgehead atoms. The molecule has 1 aromatic heterocycles. The van der Waals surface area contributed by atoms with Crippen LogP contribution in [-0.2, 0) is 11.5 Å². The number of nitrogens with zero attached hydrogens (tertiary/aromatic N) is 1. The topological polar surface area (TPSA) is 84.3 Å². The van der Waals surface area contributed by atoms with Gasteiger partial charge in [0.2, 0.25) is 0 Å². The average molecular weight is 473 g/mol. The molecule has 0 atom stereocenters. The van der Waals surface area contributed by atoms with Crippen molar-refractivity contribution in [3.8, 4) is 0 Å². The van der Waals surface area contributed by atoms with Crippen LogP contribution < -0.4 is 11.2 Å². The van der Waals surface area contributed by atoms with Crippen LogP contribution >= 0.6 is 11.8 Å². The highest BCUT2D eigenvalue weighted by molar-refractivity contribution is 7.99. The highest BCUT2D eigenvalue weighted by Crippen LogP contribution is 2.32. The number of hydrogen-bond donors (Lipinski definition) is 2. The van der Waals surface area contributed by atoms with E-state index in [9.17, 15) is 9.59 Å². The molecule has 0 aliphatic heterocycles. The molecule has 4 aromatic rings. The van der Waals surface area contributed by atoms with Crippen molar-refractivity contribution in [1.82, 2.24) is 9.55 Å². The van der Waals surface area contributed by atoms with Crippen LogP contribution in [0.5, 0.6) is 0 Å². The lowest BCUT2D eigenvalue weighted by Crippen LogP contribution is -2.34. The van der Waals surface area contributed by atoms with Gasteiger partial charge in [0.1, 0.15) is 6.73 Å². The van der Waals surface area contributed by atoms with Crippen molar-refractivity contribution in [2.75, 3.05) is 13.2 Å². The maximum atomic E-state index is 13.1. The van der Waals surface area contributed by atoms with Crippen LogP contribution in [-0.4, -0.2) is 27.9 Å². The lowest BCUT2D eigenvalue weighted by atomic mass is 9.96. The van der Waals surface area contributed by atoms with E-state index in [0.29, 0.717) is 10.6 Å². The molecule has 2 N–H and O–H groups in total. The molecule has 0 aliphatic rings. The Hall–Kier alpha value is -3.65. The summed E-state index contributed by atoms with van der Waals surface area (Å²) in [4.78, 5) is 29.2. The van der Waals surface area contributed by atoms with Crippen LogP contribution in [0.25, 0.3) is 11.6 Å². The van der Waals surface area contributed by atoms with Crippen molar-refractivity contribution in [1.29, 1.82) is 0 Å². The van der Waals surface area contributed by atoms with Crippen LogP contribution in [0.15, 0.2) is 111 Å². The third kappa shape index (κ3) is 5.63. The molecule has 3 aromatic carbocycles. The smallest absolute Gasteiger partial charge is 0.331 e. The van der Waals surface area contributed by atoms with Crippen LogP contribution in [0.1, 0.15) is 16.7 Å². The molecule has 0 saturated heterocycles. The Balaban J connectivity index is 1.94. The van der Waals surface area contributed by atoms with Crippen LogP contribution in [0.4, 0.5) is 0 Å². The maximum absolute atomic E-state index is 13.1. The molecule has 0 saturated carbocycles. The van der Waals surface area contributed by atoms with Crippen molar-refractivity contribution >= 4 is 23.4 Å². The third-order valence-electron chi connectivity index (χ3n) is 5.06. The number of aliphatic hydroxyl groups is 1. The van der Waals surface area contributed by atoms with Gasteiger partial charge in [-0.25, -0.2) is 4.79 Å². The second kappa shape index (κ2) is 11.5. The first-order valence-corrected chi connectivity index (χ1v) is 11.6. The van der Waals surface area contributed by atoms with E-state index in [1.165, 1.54) is 16.3 Å². The summed E-state index contributed by atoms with van der Waals surface area (Å²) in [5.74, 6) is 0. The summed E-state index contributed by atoms with van der Waals surface area (Å²) in [6, 6.07) is 29.1. The fourth-order valence-corrected chi connectivity index (χ4v) is 4.48. The number of rotatable bonds is 9. The molecule has 0 fully saturated rings. The Labute approximate surface area is 201 Å². The minimum Gasteiger partial charge on any atom is -0.394 e. The average Bonchev–Trinajstić information content (AvgIpc) is 2.87. The first kappa shape index (κ1) is 23.5. The summed E-state index contributed by atoms with van der Waals surface area (Å²) < 4.78 is 6.84. The van der Waals surface area contributed by atoms with Gasteiger partial charge in [0, 0.05) is 4.90 Å². The lowest BCUT2D eigenvalue weighted by Gasteiger charge is -2.16. The molecule has 0 aliphatic carbocycles. The van der Waals surface area contributed by atoms with E-state index in [-0.39, 0.29) is 19.9 Å². The zero-order valence-corrected chi connectivity index (χ0v) is 19.2. The number of aromatic nitrogens is 2. The Morgan fingerprint density at radius 2 is 1.44 bits per heavy atom. The largest absolute Gasteiger partial charge is 0.394 e. The molecule has 172 valence electrons. The van der Waals surface area contributed by atoms with Crippen molar-refractivity contribution in [3.05, 3.63) is 129 Å². The van der Waals surface area contributed by atoms with Gasteiger partial charge in [-0.05, 0) is 34.9 Å². The summed E-state index contributed by atoms with van der Waals surface area (Å²) in [5, 5.41) is 9.56. The molecule has 7 heteroatoms. The second-order valence-corrected chi connectivity index (χ2v) is 8.43. The molecule has 4 rings (SSSR count). The number of H-pyrrole nitrogens is 1. The number of hydrogen-bond acceptors (Lipinski definition) is 5. The lowest BCUT2D eigenvalue weighted by molar-refractivity contribution is 0.0412. The van der Waals surface area contributed by atoms with E-state index in [4.69, 9.17) is 9.84 Å². The second-order valence-electron chi connectivity index (χ2n) is 7.37. The quantitative estimate of drug-likeness (QED) is 0.281. The molecule has 0 radical (unpaired) electrons. The predicted molar refractivity (Wildman–Crippen MR) is 135 cm³/mol. The summed E-state index contributed by atoms with van der Waals surface area (Å²) in [6.07, 6.45) is 1.82. The molecule has 0 amide bonds.